The Bertz CT molecular complexity index is 895. The molecule has 0 unspecified atom stereocenters. The summed E-state index contributed by atoms with van der Waals surface area (Å²) >= 11 is 0. The van der Waals surface area contributed by atoms with Crippen LogP contribution < -0.4 is 0 Å². The average Bonchev–Trinajstić information content (AvgIpc) is 2.89. The van der Waals surface area contributed by atoms with Crippen LogP contribution in [0.15, 0.2) is 36.4 Å². The monoisotopic (exact) mass is 470 g/mol. The Labute approximate surface area is 204 Å². The van der Waals surface area contributed by atoms with Crippen molar-refractivity contribution in [2.24, 2.45) is 5.92 Å². The number of hydrogen-bond donors (Lipinski definition) is 0. The van der Waals surface area contributed by atoms with Gasteiger partial charge in [0.2, 0.25) is 0 Å². The predicted molar refractivity (Wildman–Crippen MR) is 133 cm³/mol. The maximum atomic E-state index is 14.5. The van der Waals surface area contributed by atoms with Crippen LogP contribution in [0.3, 0.4) is 0 Å². The molecule has 1 aliphatic carbocycles. The van der Waals surface area contributed by atoms with Gasteiger partial charge in [-0.25, -0.2) is 8.78 Å². The van der Waals surface area contributed by atoms with Crippen molar-refractivity contribution in [3.05, 3.63) is 70.3 Å². The zero-order valence-electron chi connectivity index (χ0n) is 20.8. The Balaban J connectivity index is 1.27. The Hall–Kier alpha value is -1.78. The molecule has 0 radical (unpaired) electrons. The molecule has 2 aromatic carbocycles. The van der Waals surface area contributed by atoms with Crippen molar-refractivity contribution in [1.82, 2.24) is 0 Å². The third-order valence-electron chi connectivity index (χ3n) is 7.92. The number of benzene rings is 2. The normalized spacial score (nSPS) is 25.4. The number of hydrogen-bond acceptors (Lipinski definition) is 2. The zero-order valence-corrected chi connectivity index (χ0v) is 20.8. The lowest BCUT2D eigenvalue weighted by atomic mass is 9.77. The van der Waals surface area contributed by atoms with Crippen molar-refractivity contribution in [1.29, 1.82) is 0 Å². The fraction of sp³-hybridized carbons (Fsp3) is 0.600. The summed E-state index contributed by atoms with van der Waals surface area (Å²) in [5, 5.41) is 0. The van der Waals surface area contributed by atoms with E-state index in [0.717, 1.165) is 5.92 Å². The van der Waals surface area contributed by atoms with E-state index in [-0.39, 0.29) is 11.5 Å². The minimum atomic E-state index is -0.858. The maximum absolute atomic E-state index is 14.5. The van der Waals surface area contributed by atoms with E-state index < -0.39 is 17.9 Å². The lowest BCUT2D eigenvalue weighted by Crippen LogP contribution is -2.26. The largest absolute Gasteiger partial charge is 0.348 e. The van der Waals surface area contributed by atoms with E-state index in [1.165, 1.54) is 68.9 Å². The molecule has 1 saturated carbocycles. The van der Waals surface area contributed by atoms with Gasteiger partial charge in [0, 0.05) is 11.5 Å². The smallest absolute Gasteiger partial charge is 0.186 e. The molecule has 0 N–H and O–H groups in total. The third kappa shape index (κ3) is 6.07. The summed E-state index contributed by atoms with van der Waals surface area (Å²) < 4.78 is 40.3. The second-order valence-corrected chi connectivity index (χ2v) is 10.2. The highest BCUT2D eigenvalue weighted by atomic mass is 19.2. The quantitative estimate of drug-likeness (QED) is 0.342. The summed E-state index contributed by atoms with van der Waals surface area (Å²) in [6.45, 7) is 4.95. The molecule has 2 nitrogen and oxygen atoms in total. The first-order valence-corrected chi connectivity index (χ1v) is 13.4. The predicted octanol–water partition coefficient (Wildman–Crippen LogP) is 8.60. The molecule has 0 amide bonds. The molecule has 4 heteroatoms. The highest BCUT2D eigenvalue weighted by Crippen LogP contribution is 2.39. The van der Waals surface area contributed by atoms with Gasteiger partial charge in [-0.1, -0.05) is 82.3 Å². The third-order valence-corrected chi connectivity index (χ3v) is 7.92. The Morgan fingerprint density at radius 2 is 1.38 bits per heavy atom. The summed E-state index contributed by atoms with van der Waals surface area (Å²) in [5.74, 6) is 0.0479. The Morgan fingerprint density at radius 3 is 2.00 bits per heavy atom. The van der Waals surface area contributed by atoms with E-state index in [2.05, 4.69) is 31.2 Å². The van der Waals surface area contributed by atoms with Gasteiger partial charge in [-0.05, 0) is 60.6 Å². The van der Waals surface area contributed by atoms with Crippen molar-refractivity contribution in [2.45, 2.75) is 96.2 Å². The van der Waals surface area contributed by atoms with E-state index in [4.69, 9.17) is 9.47 Å². The van der Waals surface area contributed by atoms with Crippen LogP contribution in [0.1, 0.15) is 112 Å². The van der Waals surface area contributed by atoms with Crippen LogP contribution in [-0.4, -0.2) is 13.2 Å². The SMILES string of the molecule is CCCCCCC1CCC(c2ccc(C3COC(c4ccc(CC)c(F)c4F)OC3)cc2)CC1. The molecule has 2 fully saturated rings. The fourth-order valence-corrected chi connectivity index (χ4v) is 5.62. The molecule has 34 heavy (non-hydrogen) atoms. The van der Waals surface area contributed by atoms with Crippen molar-refractivity contribution in [3.8, 4) is 0 Å². The summed E-state index contributed by atoms with van der Waals surface area (Å²) in [6.07, 6.45) is 11.8. The molecule has 2 aliphatic rings. The van der Waals surface area contributed by atoms with Crippen LogP contribution >= 0.6 is 0 Å². The molecule has 4 rings (SSSR count). The van der Waals surface area contributed by atoms with Crippen LogP contribution in [0.2, 0.25) is 0 Å². The minimum absolute atomic E-state index is 0.104. The van der Waals surface area contributed by atoms with Gasteiger partial charge in [0.25, 0.3) is 0 Å². The number of rotatable bonds is 9. The van der Waals surface area contributed by atoms with Gasteiger partial charge in [0.05, 0.1) is 13.2 Å². The van der Waals surface area contributed by atoms with E-state index in [1.54, 1.807) is 12.1 Å². The number of aryl methyl sites for hydroxylation is 1. The van der Waals surface area contributed by atoms with E-state index in [1.807, 2.05) is 6.92 Å². The molecule has 1 heterocycles. The zero-order chi connectivity index (χ0) is 23.9. The molecule has 186 valence electrons. The van der Waals surface area contributed by atoms with Crippen LogP contribution in [0, 0.1) is 17.6 Å². The second-order valence-electron chi connectivity index (χ2n) is 10.2. The molecule has 1 aliphatic heterocycles. The van der Waals surface area contributed by atoms with Gasteiger partial charge in [0.15, 0.2) is 17.9 Å². The van der Waals surface area contributed by atoms with Gasteiger partial charge in [-0.2, -0.15) is 0 Å². The lowest BCUT2D eigenvalue weighted by molar-refractivity contribution is -0.193. The molecule has 1 saturated heterocycles. The van der Waals surface area contributed by atoms with Crippen molar-refractivity contribution < 1.29 is 18.3 Å². The Morgan fingerprint density at radius 1 is 0.735 bits per heavy atom. The number of halogens is 2. The Kier molecular flexibility index (Phi) is 9.13. The maximum Gasteiger partial charge on any atom is 0.186 e. The number of unbranched alkanes of at least 4 members (excludes halogenated alkanes) is 3. The lowest BCUT2D eigenvalue weighted by Gasteiger charge is -2.31. The highest BCUT2D eigenvalue weighted by molar-refractivity contribution is 5.30. The van der Waals surface area contributed by atoms with E-state index in [0.29, 0.717) is 31.1 Å². The van der Waals surface area contributed by atoms with Crippen LogP contribution in [0.5, 0.6) is 0 Å². The fourth-order valence-electron chi connectivity index (χ4n) is 5.62. The van der Waals surface area contributed by atoms with Crippen LogP contribution in [0.4, 0.5) is 8.78 Å². The molecular weight excluding hydrogens is 430 g/mol. The van der Waals surface area contributed by atoms with Crippen molar-refractivity contribution >= 4 is 0 Å². The van der Waals surface area contributed by atoms with Gasteiger partial charge < -0.3 is 9.47 Å². The van der Waals surface area contributed by atoms with Gasteiger partial charge >= 0.3 is 0 Å². The van der Waals surface area contributed by atoms with E-state index in [9.17, 15) is 8.78 Å². The van der Waals surface area contributed by atoms with E-state index >= 15 is 0 Å². The second kappa shape index (κ2) is 12.3. The first-order valence-electron chi connectivity index (χ1n) is 13.4. The average molecular weight is 471 g/mol. The molecule has 0 spiro atoms. The summed E-state index contributed by atoms with van der Waals surface area (Å²) in [6, 6.07) is 12.1. The molecule has 2 aromatic rings. The number of ether oxygens (including phenoxy) is 2. The van der Waals surface area contributed by atoms with Gasteiger partial charge in [-0.3, -0.25) is 0 Å². The summed E-state index contributed by atoms with van der Waals surface area (Å²) in [4.78, 5) is 0. The van der Waals surface area contributed by atoms with Gasteiger partial charge in [0.1, 0.15) is 0 Å². The van der Waals surface area contributed by atoms with Crippen LogP contribution in [0.25, 0.3) is 0 Å². The van der Waals surface area contributed by atoms with Crippen LogP contribution in [-0.2, 0) is 15.9 Å². The summed E-state index contributed by atoms with van der Waals surface area (Å²) in [5.41, 5.74) is 3.14. The molecular formula is C30H40F2O2. The minimum Gasteiger partial charge on any atom is -0.348 e. The molecule has 0 aromatic heterocycles. The summed E-state index contributed by atoms with van der Waals surface area (Å²) in [7, 11) is 0. The van der Waals surface area contributed by atoms with Gasteiger partial charge in [-0.15, -0.1) is 0 Å². The van der Waals surface area contributed by atoms with Crippen molar-refractivity contribution in [2.75, 3.05) is 13.2 Å². The molecule has 0 bridgehead atoms. The standard InChI is InChI=1S/C30H40F2O2/c1-3-5-6-7-8-21-9-11-23(12-10-21)24-13-15-25(16-14-24)26-19-33-30(34-20-26)27-18-17-22(4-2)28(31)29(27)32/h13-18,21,23,26,30H,3-12,19-20H2,1-2H3. The highest BCUT2D eigenvalue weighted by Gasteiger charge is 2.29. The topological polar surface area (TPSA) is 18.5 Å². The van der Waals surface area contributed by atoms with Crippen molar-refractivity contribution in [3.63, 3.8) is 0 Å². The first-order chi connectivity index (χ1) is 16.6. The first kappa shape index (κ1) is 25.3. The molecule has 0 atom stereocenters.